The van der Waals surface area contributed by atoms with Gasteiger partial charge in [-0.15, -0.1) is 0 Å². The fraction of sp³-hybridized carbons (Fsp3) is 1.00. The quantitative estimate of drug-likeness (QED) is 0.730. The largest absolute Gasteiger partial charge is 0.313 e. The topological polar surface area (TPSA) is 18.5 Å². The maximum absolute atomic E-state index is 3.67. The Balaban J connectivity index is 2.04. The van der Waals surface area contributed by atoms with Crippen LogP contribution in [0.4, 0.5) is 0 Å². The molecule has 1 heterocycles. The van der Waals surface area contributed by atoms with Crippen LogP contribution in [0.5, 0.6) is 0 Å². The lowest BCUT2D eigenvalue weighted by Gasteiger charge is -2.35. The first-order chi connectivity index (χ1) is 8.99. The van der Waals surface area contributed by atoms with E-state index >= 15 is 0 Å². The van der Waals surface area contributed by atoms with Crippen molar-refractivity contribution in [1.82, 2.24) is 15.1 Å². The van der Waals surface area contributed by atoms with E-state index in [9.17, 15) is 0 Å². The predicted molar refractivity (Wildman–Crippen MR) is 84.7 cm³/mol. The first kappa shape index (κ1) is 16.9. The molecule has 1 fully saturated rings. The van der Waals surface area contributed by atoms with Gasteiger partial charge in [0.05, 0.1) is 0 Å². The number of hydrogen-bond donors (Lipinski definition) is 1. The van der Waals surface area contributed by atoms with Crippen molar-refractivity contribution in [2.24, 2.45) is 5.92 Å². The molecule has 0 spiro atoms. The average Bonchev–Trinajstić information content (AvgIpc) is 2.37. The summed E-state index contributed by atoms with van der Waals surface area (Å²) in [5.41, 5.74) is 0. The van der Waals surface area contributed by atoms with E-state index in [1.165, 1.54) is 45.3 Å². The summed E-state index contributed by atoms with van der Waals surface area (Å²) in [5, 5.41) is 3.67. The minimum atomic E-state index is 0.668. The van der Waals surface area contributed by atoms with Crippen molar-refractivity contribution in [3.8, 4) is 0 Å². The molecule has 3 heteroatoms. The SMILES string of the molecule is CC(C)CCC(C)NCCN1CCC(N(C)C)CC1. The normalized spacial score (nSPS) is 20.4. The molecular formula is C16H35N3. The van der Waals surface area contributed by atoms with Crippen LogP contribution < -0.4 is 5.32 Å². The van der Waals surface area contributed by atoms with Crippen LogP contribution in [0.25, 0.3) is 0 Å². The number of likely N-dealkylation sites (tertiary alicyclic amines) is 1. The van der Waals surface area contributed by atoms with Crippen LogP contribution in [-0.2, 0) is 0 Å². The molecule has 0 aliphatic carbocycles. The van der Waals surface area contributed by atoms with Crippen LogP contribution in [0.2, 0.25) is 0 Å². The number of nitrogens with zero attached hydrogens (tertiary/aromatic N) is 2. The van der Waals surface area contributed by atoms with E-state index in [0.29, 0.717) is 6.04 Å². The van der Waals surface area contributed by atoms with Crippen LogP contribution in [0, 0.1) is 5.92 Å². The number of hydrogen-bond acceptors (Lipinski definition) is 3. The van der Waals surface area contributed by atoms with Crippen molar-refractivity contribution in [2.45, 2.75) is 58.5 Å². The minimum Gasteiger partial charge on any atom is -0.313 e. The molecule has 0 aromatic carbocycles. The predicted octanol–water partition coefficient (Wildman–Crippen LogP) is 2.43. The maximum Gasteiger partial charge on any atom is 0.0113 e. The van der Waals surface area contributed by atoms with E-state index in [1.54, 1.807) is 0 Å². The molecule has 1 atom stereocenters. The maximum atomic E-state index is 3.67. The van der Waals surface area contributed by atoms with Crippen LogP contribution >= 0.6 is 0 Å². The molecule has 0 aromatic heterocycles. The summed E-state index contributed by atoms with van der Waals surface area (Å²) in [7, 11) is 4.41. The van der Waals surface area contributed by atoms with E-state index in [2.05, 4.69) is 50.0 Å². The van der Waals surface area contributed by atoms with Gasteiger partial charge in [-0.3, -0.25) is 0 Å². The van der Waals surface area contributed by atoms with E-state index < -0.39 is 0 Å². The third-order valence-electron chi connectivity index (χ3n) is 4.39. The highest BCUT2D eigenvalue weighted by Gasteiger charge is 2.19. The summed E-state index contributed by atoms with van der Waals surface area (Å²) >= 11 is 0. The lowest BCUT2D eigenvalue weighted by molar-refractivity contribution is 0.144. The zero-order chi connectivity index (χ0) is 14.3. The van der Waals surface area contributed by atoms with E-state index in [0.717, 1.165) is 18.5 Å². The summed E-state index contributed by atoms with van der Waals surface area (Å²) in [5.74, 6) is 0.828. The Kier molecular flexibility index (Phi) is 7.96. The van der Waals surface area contributed by atoms with Gasteiger partial charge in [-0.1, -0.05) is 13.8 Å². The Hall–Kier alpha value is -0.120. The fourth-order valence-corrected chi connectivity index (χ4v) is 2.81. The standard InChI is InChI=1S/C16H35N3/c1-14(2)6-7-15(3)17-10-13-19-11-8-16(9-12-19)18(4)5/h14-17H,6-13H2,1-5H3. The number of nitrogens with one attached hydrogen (secondary N) is 1. The Labute approximate surface area is 120 Å². The molecule has 0 amide bonds. The summed E-state index contributed by atoms with van der Waals surface area (Å²) < 4.78 is 0. The van der Waals surface area contributed by atoms with Gasteiger partial charge in [-0.2, -0.15) is 0 Å². The van der Waals surface area contributed by atoms with Crippen molar-refractivity contribution < 1.29 is 0 Å². The van der Waals surface area contributed by atoms with Crippen LogP contribution in [0.15, 0.2) is 0 Å². The Morgan fingerprint density at radius 1 is 1.11 bits per heavy atom. The molecule has 0 radical (unpaired) electrons. The van der Waals surface area contributed by atoms with Crippen LogP contribution in [-0.4, -0.2) is 62.2 Å². The van der Waals surface area contributed by atoms with Gasteiger partial charge in [-0.25, -0.2) is 0 Å². The molecule has 1 aliphatic heterocycles. The molecule has 0 saturated carbocycles. The van der Waals surface area contributed by atoms with Gasteiger partial charge in [0.15, 0.2) is 0 Å². The summed E-state index contributed by atoms with van der Waals surface area (Å²) in [6.45, 7) is 11.8. The smallest absolute Gasteiger partial charge is 0.0113 e. The third kappa shape index (κ3) is 7.28. The number of rotatable bonds is 8. The fourth-order valence-electron chi connectivity index (χ4n) is 2.81. The molecule has 1 aliphatic rings. The zero-order valence-corrected chi connectivity index (χ0v) is 13.8. The molecule has 3 nitrogen and oxygen atoms in total. The second-order valence-corrected chi connectivity index (χ2v) is 6.86. The molecule has 19 heavy (non-hydrogen) atoms. The highest BCUT2D eigenvalue weighted by molar-refractivity contribution is 4.77. The van der Waals surface area contributed by atoms with Crippen LogP contribution in [0.3, 0.4) is 0 Å². The first-order valence-corrected chi connectivity index (χ1v) is 8.11. The molecule has 1 saturated heterocycles. The molecule has 0 bridgehead atoms. The summed E-state index contributed by atoms with van der Waals surface area (Å²) in [6, 6.07) is 1.47. The molecule has 1 unspecified atom stereocenters. The second kappa shape index (κ2) is 8.93. The third-order valence-corrected chi connectivity index (χ3v) is 4.39. The van der Waals surface area contributed by atoms with Gasteiger partial charge < -0.3 is 15.1 Å². The summed E-state index contributed by atoms with van der Waals surface area (Å²) in [4.78, 5) is 4.99. The van der Waals surface area contributed by atoms with Crippen LogP contribution in [0.1, 0.15) is 46.5 Å². The average molecular weight is 269 g/mol. The number of piperidine rings is 1. The lowest BCUT2D eigenvalue weighted by atomic mass is 10.0. The Bertz CT molecular complexity index is 220. The molecule has 1 N–H and O–H groups in total. The molecule has 114 valence electrons. The second-order valence-electron chi connectivity index (χ2n) is 6.86. The minimum absolute atomic E-state index is 0.668. The van der Waals surface area contributed by atoms with Gasteiger partial charge in [0, 0.05) is 25.2 Å². The van der Waals surface area contributed by atoms with Gasteiger partial charge in [-0.05, 0) is 65.7 Å². The lowest BCUT2D eigenvalue weighted by Crippen LogP contribution is -2.44. The van der Waals surface area contributed by atoms with E-state index in [4.69, 9.17) is 0 Å². The van der Waals surface area contributed by atoms with Crippen molar-refractivity contribution in [2.75, 3.05) is 40.3 Å². The van der Waals surface area contributed by atoms with Gasteiger partial charge in [0.1, 0.15) is 0 Å². The van der Waals surface area contributed by atoms with Gasteiger partial charge in [0.2, 0.25) is 0 Å². The van der Waals surface area contributed by atoms with E-state index in [-0.39, 0.29) is 0 Å². The monoisotopic (exact) mass is 269 g/mol. The van der Waals surface area contributed by atoms with Crippen molar-refractivity contribution in [3.05, 3.63) is 0 Å². The van der Waals surface area contributed by atoms with Crippen molar-refractivity contribution >= 4 is 0 Å². The van der Waals surface area contributed by atoms with E-state index in [1.807, 2.05) is 0 Å². The molecular weight excluding hydrogens is 234 g/mol. The Morgan fingerprint density at radius 3 is 2.26 bits per heavy atom. The highest BCUT2D eigenvalue weighted by Crippen LogP contribution is 2.13. The zero-order valence-electron chi connectivity index (χ0n) is 13.8. The highest BCUT2D eigenvalue weighted by atomic mass is 15.2. The van der Waals surface area contributed by atoms with Crippen molar-refractivity contribution in [3.63, 3.8) is 0 Å². The molecule has 1 rings (SSSR count). The van der Waals surface area contributed by atoms with Gasteiger partial charge >= 0.3 is 0 Å². The summed E-state index contributed by atoms with van der Waals surface area (Å²) in [6.07, 6.45) is 5.30. The van der Waals surface area contributed by atoms with Gasteiger partial charge in [0.25, 0.3) is 0 Å². The first-order valence-electron chi connectivity index (χ1n) is 8.11. The Morgan fingerprint density at radius 2 is 1.74 bits per heavy atom. The van der Waals surface area contributed by atoms with Crippen molar-refractivity contribution in [1.29, 1.82) is 0 Å². The molecule has 0 aromatic rings.